The van der Waals surface area contributed by atoms with Crippen LogP contribution in [0.5, 0.6) is 17.2 Å². The molecular formula is C22H26N2O5. The van der Waals surface area contributed by atoms with Gasteiger partial charge in [-0.1, -0.05) is 19.0 Å². The fourth-order valence-electron chi connectivity index (χ4n) is 4.46. The number of ether oxygens (including phenoxy) is 3. The number of hydrogen-bond donors (Lipinski definition) is 1. The summed E-state index contributed by atoms with van der Waals surface area (Å²) in [6.07, 6.45) is 1.23. The van der Waals surface area contributed by atoms with Crippen LogP contribution in [0.25, 0.3) is 0 Å². The van der Waals surface area contributed by atoms with Crippen LogP contribution >= 0.6 is 0 Å². The van der Waals surface area contributed by atoms with Crippen LogP contribution in [-0.4, -0.2) is 32.3 Å². The van der Waals surface area contributed by atoms with E-state index in [1.165, 1.54) is 0 Å². The Balaban J connectivity index is 1.99. The van der Waals surface area contributed by atoms with Gasteiger partial charge in [0.05, 0.1) is 38.5 Å². The first-order valence-electron chi connectivity index (χ1n) is 9.59. The van der Waals surface area contributed by atoms with Gasteiger partial charge in [-0.15, -0.1) is 0 Å². The average molecular weight is 398 g/mol. The standard InChI is InChI=1S/C22H26N2O5/c1-11-18-19(12-7-16(27-5)17(28-6)8-15(12)26-4)20-13(23-21(18)29-24-11)9-22(2,3)10-14(20)25/h7-8,19,23H,9-10H2,1-6H3/t19-/m0/s1. The summed E-state index contributed by atoms with van der Waals surface area (Å²) in [6, 6.07) is 3.66. The molecule has 2 aliphatic rings. The predicted molar refractivity (Wildman–Crippen MR) is 108 cm³/mol. The minimum atomic E-state index is -0.356. The molecule has 29 heavy (non-hydrogen) atoms. The van der Waals surface area contributed by atoms with Crippen molar-refractivity contribution in [2.45, 2.75) is 39.5 Å². The first-order valence-corrected chi connectivity index (χ1v) is 9.59. The van der Waals surface area contributed by atoms with Crippen LogP contribution < -0.4 is 19.5 Å². The number of anilines is 1. The molecule has 4 rings (SSSR count). The molecule has 0 unspecified atom stereocenters. The lowest BCUT2D eigenvalue weighted by atomic mass is 9.69. The van der Waals surface area contributed by atoms with E-state index < -0.39 is 0 Å². The van der Waals surface area contributed by atoms with Crippen molar-refractivity contribution in [2.75, 3.05) is 26.6 Å². The average Bonchev–Trinajstić information content (AvgIpc) is 3.04. The molecule has 2 aromatic rings. The molecule has 1 N–H and O–H groups in total. The maximum Gasteiger partial charge on any atom is 0.233 e. The molecule has 1 aliphatic carbocycles. The van der Waals surface area contributed by atoms with E-state index in [0.717, 1.165) is 34.5 Å². The van der Waals surface area contributed by atoms with Crippen LogP contribution in [-0.2, 0) is 4.79 Å². The Hall–Kier alpha value is -2.96. The third-order valence-electron chi connectivity index (χ3n) is 5.72. The Bertz CT molecular complexity index is 1020. The fraction of sp³-hybridized carbons (Fsp3) is 0.455. The Morgan fingerprint density at radius 3 is 2.38 bits per heavy atom. The zero-order valence-electron chi connectivity index (χ0n) is 17.6. The van der Waals surface area contributed by atoms with Gasteiger partial charge in [0.25, 0.3) is 0 Å². The lowest BCUT2D eigenvalue weighted by Gasteiger charge is -2.38. The number of nitrogens with one attached hydrogen (secondary N) is 1. The SMILES string of the molecule is COc1cc(OC)c([C@@H]2C3=C(CC(C)(C)CC3=O)Nc3onc(C)c32)cc1OC. The van der Waals surface area contributed by atoms with Gasteiger partial charge >= 0.3 is 0 Å². The van der Waals surface area contributed by atoms with Crippen LogP contribution in [0.15, 0.2) is 27.9 Å². The topological polar surface area (TPSA) is 82.8 Å². The molecule has 0 bridgehead atoms. The fourth-order valence-corrected chi connectivity index (χ4v) is 4.46. The van der Waals surface area contributed by atoms with Crippen molar-refractivity contribution in [3.8, 4) is 17.2 Å². The Morgan fingerprint density at radius 2 is 1.72 bits per heavy atom. The number of allylic oxidation sites excluding steroid dienone is 2. The van der Waals surface area contributed by atoms with Gasteiger partial charge in [-0.3, -0.25) is 4.79 Å². The van der Waals surface area contributed by atoms with E-state index in [-0.39, 0.29) is 17.1 Å². The highest BCUT2D eigenvalue weighted by Gasteiger charge is 2.44. The molecule has 7 heteroatoms. The molecule has 0 radical (unpaired) electrons. The smallest absolute Gasteiger partial charge is 0.233 e. The summed E-state index contributed by atoms with van der Waals surface area (Å²) in [4.78, 5) is 13.3. The Kier molecular flexibility index (Phi) is 4.56. The van der Waals surface area contributed by atoms with Gasteiger partial charge in [-0.2, -0.15) is 0 Å². The van der Waals surface area contributed by atoms with Crippen LogP contribution in [0.2, 0.25) is 0 Å². The van der Waals surface area contributed by atoms with E-state index in [1.54, 1.807) is 27.4 Å². The molecule has 1 aliphatic heterocycles. The summed E-state index contributed by atoms with van der Waals surface area (Å²) in [5, 5.41) is 7.48. The quantitative estimate of drug-likeness (QED) is 0.826. The molecule has 0 fully saturated rings. The van der Waals surface area contributed by atoms with Gasteiger partial charge in [0.2, 0.25) is 5.88 Å². The monoisotopic (exact) mass is 398 g/mol. The molecule has 0 amide bonds. The van der Waals surface area contributed by atoms with Gasteiger partial charge in [0.1, 0.15) is 5.75 Å². The molecule has 7 nitrogen and oxygen atoms in total. The van der Waals surface area contributed by atoms with Gasteiger partial charge in [0.15, 0.2) is 17.3 Å². The van der Waals surface area contributed by atoms with E-state index >= 15 is 0 Å². The summed E-state index contributed by atoms with van der Waals surface area (Å²) in [5.41, 5.74) is 3.91. The number of rotatable bonds is 4. The maximum atomic E-state index is 13.3. The highest BCUT2D eigenvalue weighted by molar-refractivity contribution is 6.01. The number of carbonyl (C=O) groups excluding carboxylic acids is 1. The van der Waals surface area contributed by atoms with E-state index in [9.17, 15) is 4.79 Å². The molecule has 1 aromatic heterocycles. The number of carbonyl (C=O) groups is 1. The number of methoxy groups -OCH3 is 3. The van der Waals surface area contributed by atoms with E-state index in [2.05, 4.69) is 24.3 Å². The number of aryl methyl sites for hydroxylation is 1. The molecule has 1 atom stereocenters. The number of benzene rings is 1. The molecule has 154 valence electrons. The second-order valence-corrected chi connectivity index (χ2v) is 8.35. The largest absolute Gasteiger partial charge is 0.496 e. The second kappa shape index (κ2) is 6.83. The first-order chi connectivity index (χ1) is 13.8. The third-order valence-corrected chi connectivity index (χ3v) is 5.72. The van der Waals surface area contributed by atoms with Crippen molar-refractivity contribution >= 4 is 11.7 Å². The number of hydrogen-bond acceptors (Lipinski definition) is 7. The minimum Gasteiger partial charge on any atom is -0.496 e. The van der Waals surface area contributed by atoms with Gasteiger partial charge in [-0.25, -0.2) is 0 Å². The predicted octanol–water partition coefficient (Wildman–Crippen LogP) is 4.21. The van der Waals surface area contributed by atoms with Gasteiger partial charge in [-0.05, 0) is 24.8 Å². The summed E-state index contributed by atoms with van der Waals surface area (Å²) < 4.78 is 22.2. The van der Waals surface area contributed by atoms with Gasteiger partial charge in [0, 0.05) is 29.3 Å². The summed E-state index contributed by atoms with van der Waals surface area (Å²) in [5.74, 6) is 2.10. The van der Waals surface area contributed by atoms with E-state index in [4.69, 9.17) is 18.7 Å². The van der Waals surface area contributed by atoms with Gasteiger partial charge < -0.3 is 24.1 Å². The Labute approximate surface area is 170 Å². The van der Waals surface area contributed by atoms with E-state index in [1.807, 2.05) is 13.0 Å². The third kappa shape index (κ3) is 3.05. The maximum absolute atomic E-state index is 13.3. The molecule has 2 heterocycles. The summed E-state index contributed by atoms with van der Waals surface area (Å²) in [6.45, 7) is 6.08. The van der Waals surface area contributed by atoms with Crippen molar-refractivity contribution in [3.05, 3.63) is 40.2 Å². The molecule has 0 spiro atoms. The van der Waals surface area contributed by atoms with Crippen molar-refractivity contribution in [2.24, 2.45) is 5.41 Å². The molecule has 1 aromatic carbocycles. The highest BCUT2D eigenvalue weighted by Crippen LogP contribution is 2.52. The highest BCUT2D eigenvalue weighted by atomic mass is 16.5. The normalized spacial score (nSPS) is 19.9. The summed E-state index contributed by atoms with van der Waals surface area (Å²) in [7, 11) is 4.77. The van der Waals surface area contributed by atoms with Crippen LogP contribution in [0.3, 0.4) is 0 Å². The van der Waals surface area contributed by atoms with Crippen LogP contribution in [0.4, 0.5) is 5.88 Å². The van der Waals surface area contributed by atoms with Crippen LogP contribution in [0.1, 0.15) is 49.4 Å². The van der Waals surface area contributed by atoms with E-state index in [0.29, 0.717) is 29.6 Å². The number of fused-ring (bicyclic) bond motifs is 1. The van der Waals surface area contributed by atoms with Crippen molar-refractivity contribution in [3.63, 3.8) is 0 Å². The number of Topliss-reactive ketones (excluding diaryl/α,β-unsaturated/α-hetero) is 1. The number of aromatic nitrogens is 1. The second-order valence-electron chi connectivity index (χ2n) is 8.35. The summed E-state index contributed by atoms with van der Waals surface area (Å²) >= 11 is 0. The zero-order valence-corrected chi connectivity index (χ0v) is 17.6. The molecule has 0 saturated carbocycles. The number of ketones is 1. The first kappa shape index (κ1) is 19.4. The number of nitrogens with zero attached hydrogens (tertiary/aromatic N) is 1. The lowest BCUT2D eigenvalue weighted by Crippen LogP contribution is -2.33. The van der Waals surface area contributed by atoms with Crippen LogP contribution in [0, 0.1) is 12.3 Å². The zero-order chi connectivity index (χ0) is 20.9. The molecule has 0 saturated heterocycles. The van der Waals surface area contributed by atoms with Crippen molar-refractivity contribution in [1.29, 1.82) is 0 Å². The molecular weight excluding hydrogens is 372 g/mol. The van der Waals surface area contributed by atoms with Crippen molar-refractivity contribution < 1.29 is 23.5 Å². The Morgan fingerprint density at radius 1 is 1.07 bits per heavy atom. The van der Waals surface area contributed by atoms with Crippen molar-refractivity contribution in [1.82, 2.24) is 5.16 Å². The minimum absolute atomic E-state index is 0.122. The lowest BCUT2D eigenvalue weighted by molar-refractivity contribution is -0.118.